The fraction of sp³-hybridized carbons (Fsp3) is 0.789. The number of rotatable bonds is 15. The maximum Gasteiger partial charge on any atom is 0.359 e. The van der Waals surface area contributed by atoms with Gasteiger partial charge >= 0.3 is 5.97 Å². The molecule has 0 spiro atoms. The number of nitrogens with one attached hydrogen (secondary N) is 1. The Bertz CT molecular complexity index is 379. The predicted octanol–water partition coefficient (Wildman–Crippen LogP) is 3.35. The number of nitrogens with zero attached hydrogens (tertiary/aromatic N) is 1. The molecule has 0 saturated carbocycles. The maximum absolute atomic E-state index is 11.7. The van der Waals surface area contributed by atoms with Gasteiger partial charge in [0.15, 0.2) is 6.54 Å². The number of aliphatic carboxylic acids is 1. The number of carbonyl (C=O) groups is 2. The van der Waals surface area contributed by atoms with Crippen molar-refractivity contribution in [2.75, 3.05) is 33.7 Å². The minimum absolute atomic E-state index is 0.0396. The molecule has 1 amide bonds. The summed E-state index contributed by atoms with van der Waals surface area (Å²) in [5.74, 6) is -0.753. The first-order valence-electron chi connectivity index (χ1n) is 9.33. The molecule has 0 aromatic heterocycles. The number of amides is 1. The first kappa shape index (κ1) is 22.6. The van der Waals surface area contributed by atoms with Crippen LogP contribution in [0.25, 0.3) is 0 Å². The summed E-state index contributed by atoms with van der Waals surface area (Å²) in [6.07, 6.45) is 14.1. The minimum Gasteiger partial charge on any atom is -0.477 e. The Kier molecular flexibility index (Phi) is 13.2. The van der Waals surface area contributed by atoms with Crippen LogP contribution in [-0.2, 0) is 9.59 Å². The number of hydrogen-bond acceptors (Lipinski definition) is 2. The van der Waals surface area contributed by atoms with Gasteiger partial charge in [0.2, 0.25) is 5.91 Å². The molecule has 24 heavy (non-hydrogen) atoms. The van der Waals surface area contributed by atoms with Crippen molar-refractivity contribution >= 4 is 11.9 Å². The third-order valence-corrected chi connectivity index (χ3v) is 4.02. The number of likely N-dealkylation sites (N-methyl/N-ethyl adjacent to an activating group) is 1. The van der Waals surface area contributed by atoms with Crippen LogP contribution in [0.3, 0.4) is 0 Å². The molecule has 0 heterocycles. The van der Waals surface area contributed by atoms with E-state index in [4.69, 9.17) is 5.11 Å². The summed E-state index contributed by atoms with van der Waals surface area (Å²) < 4.78 is 0.434. The quantitative estimate of drug-likeness (QED) is 0.273. The lowest BCUT2D eigenvalue weighted by atomic mass is 10.1. The molecule has 0 unspecified atom stereocenters. The fourth-order valence-corrected chi connectivity index (χ4v) is 2.60. The smallest absolute Gasteiger partial charge is 0.359 e. The van der Waals surface area contributed by atoms with E-state index < -0.39 is 5.97 Å². The Morgan fingerprint density at radius 2 is 1.67 bits per heavy atom. The summed E-state index contributed by atoms with van der Waals surface area (Å²) in [6.45, 7) is 3.67. The predicted molar refractivity (Wildman–Crippen MR) is 98.9 cm³/mol. The van der Waals surface area contributed by atoms with Crippen LogP contribution < -0.4 is 5.32 Å². The molecule has 0 bridgehead atoms. The summed E-state index contributed by atoms with van der Waals surface area (Å²) in [5, 5.41) is 11.7. The van der Waals surface area contributed by atoms with Crippen LogP contribution in [0.15, 0.2) is 12.2 Å². The largest absolute Gasteiger partial charge is 0.477 e. The van der Waals surface area contributed by atoms with E-state index in [1.165, 1.54) is 38.5 Å². The van der Waals surface area contributed by atoms with E-state index in [0.29, 0.717) is 17.4 Å². The van der Waals surface area contributed by atoms with E-state index in [-0.39, 0.29) is 12.5 Å². The molecule has 0 fully saturated rings. The van der Waals surface area contributed by atoms with Crippen molar-refractivity contribution < 1.29 is 19.2 Å². The highest BCUT2D eigenvalue weighted by Gasteiger charge is 2.18. The molecule has 2 N–H and O–H groups in total. The lowest BCUT2D eigenvalue weighted by molar-refractivity contribution is -0.883. The van der Waals surface area contributed by atoms with E-state index in [1.807, 2.05) is 20.2 Å². The van der Waals surface area contributed by atoms with Crippen molar-refractivity contribution in [3.8, 4) is 0 Å². The number of hydrogen-bond donors (Lipinski definition) is 2. The highest BCUT2D eigenvalue weighted by atomic mass is 16.4. The van der Waals surface area contributed by atoms with Gasteiger partial charge in [-0.25, -0.2) is 4.79 Å². The van der Waals surface area contributed by atoms with Gasteiger partial charge in [-0.15, -0.1) is 0 Å². The topological polar surface area (TPSA) is 66.4 Å². The molecule has 0 aliphatic heterocycles. The van der Waals surface area contributed by atoms with Gasteiger partial charge in [0.1, 0.15) is 0 Å². The number of unbranched alkanes of at least 4 members (excludes halogenated alkanes) is 6. The second-order valence-electron chi connectivity index (χ2n) is 7.15. The van der Waals surface area contributed by atoms with Crippen molar-refractivity contribution in [3.05, 3.63) is 12.2 Å². The average molecular weight is 342 g/mol. The zero-order valence-electron chi connectivity index (χ0n) is 15.9. The van der Waals surface area contributed by atoms with E-state index in [0.717, 1.165) is 19.4 Å². The Morgan fingerprint density at radius 1 is 1.00 bits per heavy atom. The van der Waals surface area contributed by atoms with E-state index in [9.17, 15) is 9.59 Å². The van der Waals surface area contributed by atoms with Crippen LogP contribution in [0, 0.1) is 0 Å². The van der Waals surface area contributed by atoms with Gasteiger partial charge in [-0.05, 0) is 12.8 Å². The lowest BCUT2D eigenvalue weighted by Gasteiger charge is -2.27. The molecule has 0 saturated heterocycles. The Morgan fingerprint density at radius 3 is 2.33 bits per heavy atom. The third kappa shape index (κ3) is 15.5. The second kappa shape index (κ2) is 14.0. The van der Waals surface area contributed by atoms with E-state index in [2.05, 4.69) is 18.3 Å². The molecule has 0 aromatic rings. The molecule has 0 atom stereocenters. The number of carboxylic acid groups (broad SMARTS) is 1. The van der Waals surface area contributed by atoms with Crippen molar-refractivity contribution in [2.45, 2.75) is 64.7 Å². The first-order valence-corrected chi connectivity index (χ1v) is 9.33. The molecule has 0 radical (unpaired) electrons. The highest BCUT2D eigenvalue weighted by molar-refractivity contribution is 5.77. The van der Waals surface area contributed by atoms with E-state index in [1.54, 1.807) is 0 Å². The molecule has 140 valence electrons. The minimum atomic E-state index is -0.792. The number of carbonyl (C=O) groups excluding carboxylic acids is 1. The van der Waals surface area contributed by atoms with Crippen molar-refractivity contribution in [1.82, 2.24) is 5.32 Å². The average Bonchev–Trinajstić information content (AvgIpc) is 2.48. The highest BCUT2D eigenvalue weighted by Crippen LogP contribution is 2.07. The van der Waals surface area contributed by atoms with Crippen molar-refractivity contribution in [2.24, 2.45) is 0 Å². The SMILES string of the molecule is CCCCCCCCC=CCC(=O)NCCC[N+](C)(C)CC(=O)O. The van der Waals surface area contributed by atoms with Gasteiger partial charge in [0.05, 0.1) is 20.6 Å². The van der Waals surface area contributed by atoms with Gasteiger partial charge in [0, 0.05) is 19.4 Å². The van der Waals surface area contributed by atoms with E-state index >= 15 is 0 Å². The Labute approximate surface area is 147 Å². The molecule has 0 aliphatic rings. The van der Waals surface area contributed by atoms with Crippen LogP contribution in [-0.4, -0.2) is 55.2 Å². The summed E-state index contributed by atoms with van der Waals surface area (Å²) >= 11 is 0. The van der Waals surface area contributed by atoms with Crippen molar-refractivity contribution in [3.63, 3.8) is 0 Å². The molecular formula is C19H37N2O3+. The normalized spacial score (nSPS) is 11.8. The second-order valence-corrected chi connectivity index (χ2v) is 7.15. The fourth-order valence-electron chi connectivity index (χ4n) is 2.60. The molecule has 0 aliphatic carbocycles. The van der Waals surface area contributed by atoms with Crippen LogP contribution in [0.1, 0.15) is 64.7 Å². The molecule has 5 heteroatoms. The van der Waals surface area contributed by atoms with Gasteiger partial charge < -0.3 is 14.9 Å². The summed E-state index contributed by atoms with van der Waals surface area (Å²) in [5.41, 5.74) is 0. The van der Waals surface area contributed by atoms with Gasteiger partial charge in [-0.1, -0.05) is 51.2 Å². The van der Waals surface area contributed by atoms with Gasteiger partial charge in [0.25, 0.3) is 0 Å². The summed E-state index contributed by atoms with van der Waals surface area (Å²) in [4.78, 5) is 22.4. The number of quaternary nitrogens is 1. The zero-order valence-corrected chi connectivity index (χ0v) is 15.9. The monoisotopic (exact) mass is 341 g/mol. The maximum atomic E-state index is 11.7. The number of carboxylic acids is 1. The first-order chi connectivity index (χ1) is 11.4. The Balaban J connectivity index is 3.56. The molecule has 0 aromatic carbocycles. The molecular weight excluding hydrogens is 304 g/mol. The van der Waals surface area contributed by atoms with Gasteiger partial charge in [-0.2, -0.15) is 0 Å². The molecule has 0 rings (SSSR count). The number of allylic oxidation sites excluding steroid dienone is 1. The standard InChI is InChI=1S/C19H36N2O3/c1-4-5-6-7-8-9-10-11-12-14-18(22)20-15-13-16-21(2,3)17-19(23)24/h11-12H,4-10,13-17H2,1-3H3,(H-,20,22,23,24)/p+1. The van der Waals surface area contributed by atoms with Crippen LogP contribution in [0.4, 0.5) is 0 Å². The van der Waals surface area contributed by atoms with Gasteiger partial charge in [-0.3, -0.25) is 4.79 Å². The molecule has 5 nitrogen and oxygen atoms in total. The van der Waals surface area contributed by atoms with Crippen molar-refractivity contribution in [1.29, 1.82) is 0 Å². The zero-order chi connectivity index (χ0) is 18.3. The summed E-state index contributed by atoms with van der Waals surface area (Å²) in [7, 11) is 3.78. The van der Waals surface area contributed by atoms with Crippen LogP contribution >= 0.6 is 0 Å². The van der Waals surface area contributed by atoms with Crippen LogP contribution in [0.2, 0.25) is 0 Å². The summed E-state index contributed by atoms with van der Waals surface area (Å²) in [6, 6.07) is 0. The Hall–Kier alpha value is -1.36. The lowest BCUT2D eigenvalue weighted by Crippen LogP contribution is -2.45. The third-order valence-electron chi connectivity index (χ3n) is 4.02. The van der Waals surface area contributed by atoms with Crippen LogP contribution in [0.5, 0.6) is 0 Å².